The number of nitrogens with zero attached hydrogens (tertiary/aromatic N) is 1. The molecular formula is C16H18F3N3O3. The van der Waals surface area contributed by atoms with Gasteiger partial charge in [0.2, 0.25) is 5.91 Å². The summed E-state index contributed by atoms with van der Waals surface area (Å²) in [6.45, 7) is 3.82. The summed E-state index contributed by atoms with van der Waals surface area (Å²) in [5.41, 5.74) is 2.10. The van der Waals surface area contributed by atoms with Crippen molar-refractivity contribution in [3.05, 3.63) is 47.7 Å². The Morgan fingerprint density at radius 3 is 2.28 bits per heavy atom. The van der Waals surface area contributed by atoms with Crippen molar-refractivity contribution in [3.8, 4) is 0 Å². The number of aromatic amines is 1. The van der Waals surface area contributed by atoms with E-state index in [9.17, 15) is 18.0 Å². The van der Waals surface area contributed by atoms with Crippen molar-refractivity contribution < 1.29 is 27.9 Å². The Bertz CT molecular complexity index is 699. The number of halogens is 3. The highest BCUT2D eigenvalue weighted by Gasteiger charge is 2.38. The molecule has 0 saturated heterocycles. The predicted octanol–water partition coefficient (Wildman–Crippen LogP) is 3.17. The number of carboxylic acids is 1. The molecule has 0 radical (unpaired) electrons. The molecular weight excluding hydrogens is 339 g/mol. The molecule has 0 aliphatic carbocycles. The summed E-state index contributed by atoms with van der Waals surface area (Å²) in [7, 11) is 0. The van der Waals surface area contributed by atoms with Crippen molar-refractivity contribution in [2.45, 2.75) is 26.4 Å². The molecule has 6 nitrogen and oxygen atoms in total. The molecule has 2 rings (SSSR count). The number of benzene rings is 1. The average Bonchev–Trinajstić information content (AvgIpc) is 2.93. The van der Waals surface area contributed by atoms with Crippen molar-refractivity contribution in [2.75, 3.05) is 5.32 Å². The molecule has 0 aliphatic heterocycles. The number of aliphatic carboxylic acids is 1. The Morgan fingerprint density at radius 1 is 1.28 bits per heavy atom. The average molecular weight is 357 g/mol. The molecule has 9 heteroatoms. The van der Waals surface area contributed by atoms with E-state index < -0.39 is 12.1 Å². The van der Waals surface area contributed by atoms with E-state index in [4.69, 9.17) is 9.90 Å². The van der Waals surface area contributed by atoms with Gasteiger partial charge in [0.25, 0.3) is 0 Å². The number of aryl methyl sites for hydroxylation is 1. The number of hydrogen-bond donors (Lipinski definition) is 3. The fraction of sp³-hybridized carbons (Fsp3) is 0.312. The van der Waals surface area contributed by atoms with Crippen LogP contribution >= 0.6 is 0 Å². The number of aromatic nitrogens is 2. The monoisotopic (exact) mass is 357 g/mol. The van der Waals surface area contributed by atoms with Gasteiger partial charge in [-0.1, -0.05) is 37.3 Å². The number of carboxylic acid groups (broad SMARTS) is 1. The Labute approximate surface area is 142 Å². The minimum Gasteiger partial charge on any atom is -0.475 e. The largest absolute Gasteiger partial charge is 0.490 e. The lowest BCUT2D eigenvalue weighted by atomic mass is 10.0. The maximum Gasteiger partial charge on any atom is 0.490 e. The highest BCUT2D eigenvalue weighted by Crippen LogP contribution is 2.13. The van der Waals surface area contributed by atoms with Crippen molar-refractivity contribution in [2.24, 2.45) is 5.92 Å². The number of hydrogen-bond acceptors (Lipinski definition) is 3. The molecule has 0 bridgehead atoms. The van der Waals surface area contributed by atoms with Crippen LogP contribution in [-0.2, 0) is 16.0 Å². The van der Waals surface area contributed by atoms with Crippen LogP contribution in [0.5, 0.6) is 0 Å². The van der Waals surface area contributed by atoms with E-state index in [1.807, 2.05) is 50.2 Å². The van der Waals surface area contributed by atoms with Gasteiger partial charge in [-0.05, 0) is 18.9 Å². The topological polar surface area (TPSA) is 95.1 Å². The number of H-pyrrole nitrogens is 1. The number of carbonyl (C=O) groups excluding carboxylic acids is 1. The summed E-state index contributed by atoms with van der Waals surface area (Å²) in [6.07, 6.45) is -4.35. The maximum atomic E-state index is 12.0. The van der Waals surface area contributed by atoms with Gasteiger partial charge in [0.1, 0.15) is 0 Å². The lowest BCUT2D eigenvalue weighted by Gasteiger charge is -2.10. The van der Waals surface area contributed by atoms with Crippen LogP contribution in [0.25, 0.3) is 0 Å². The van der Waals surface area contributed by atoms with Gasteiger partial charge in [0.15, 0.2) is 5.82 Å². The lowest BCUT2D eigenvalue weighted by Crippen LogP contribution is -2.22. The Balaban J connectivity index is 0.000000381. The maximum absolute atomic E-state index is 12.0. The van der Waals surface area contributed by atoms with Gasteiger partial charge in [-0.3, -0.25) is 9.89 Å². The van der Waals surface area contributed by atoms with E-state index >= 15 is 0 Å². The molecule has 2 aromatic rings. The standard InChI is InChI=1S/C14H17N3O.C2HF3O2/c1-10(8-12-6-4-3-5-7-12)14(18)15-13-9-11(2)16-17-13;3-2(4,5)1(6)7/h3-7,9-10H,8H2,1-2H3,(H2,15,16,17,18);(H,6,7)/t10-;/m1./s1. The van der Waals surface area contributed by atoms with Gasteiger partial charge < -0.3 is 10.4 Å². The minimum atomic E-state index is -5.08. The number of carbonyl (C=O) groups is 2. The van der Waals surface area contributed by atoms with Crippen LogP contribution in [0.4, 0.5) is 19.0 Å². The molecule has 1 heterocycles. The SMILES string of the molecule is Cc1cc(NC(=O)[C@H](C)Cc2ccccc2)n[nH]1.O=C(O)C(F)(F)F. The molecule has 0 saturated carbocycles. The fourth-order valence-corrected chi connectivity index (χ4v) is 1.79. The zero-order valence-electron chi connectivity index (χ0n) is 13.6. The molecule has 136 valence electrons. The predicted molar refractivity (Wildman–Crippen MR) is 85.0 cm³/mol. The van der Waals surface area contributed by atoms with Crippen LogP contribution in [0.3, 0.4) is 0 Å². The summed E-state index contributed by atoms with van der Waals surface area (Å²) in [6, 6.07) is 11.8. The van der Waals surface area contributed by atoms with Crippen LogP contribution in [0.2, 0.25) is 0 Å². The van der Waals surface area contributed by atoms with Crippen LogP contribution in [0, 0.1) is 12.8 Å². The molecule has 0 spiro atoms. The number of nitrogens with one attached hydrogen (secondary N) is 2. The first kappa shape index (κ1) is 20.2. The van der Waals surface area contributed by atoms with E-state index in [-0.39, 0.29) is 11.8 Å². The second-order valence-electron chi connectivity index (χ2n) is 5.32. The van der Waals surface area contributed by atoms with Gasteiger partial charge in [-0.15, -0.1) is 0 Å². The van der Waals surface area contributed by atoms with Crippen LogP contribution in [-0.4, -0.2) is 33.4 Å². The fourth-order valence-electron chi connectivity index (χ4n) is 1.79. The van der Waals surface area contributed by atoms with Gasteiger partial charge in [-0.2, -0.15) is 18.3 Å². The second-order valence-corrected chi connectivity index (χ2v) is 5.32. The number of amides is 1. The summed E-state index contributed by atoms with van der Waals surface area (Å²) in [5, 5.41) is 16.7. The van der Waals surface area contributed by atoms with E-state index in [0.29, 0.717) is 5.82 Å². The van der Waals surface area contributed by atoms with Gasteiger partial charge >= 0.3 is 12.1 Å². The smallest absolute Gasteiger partial charge is 0.475 e. The molecule has 1 aromatic carbocycles. The number of rotatable bonds is 4. The van der Waals surface area contributed by atoms with Gasteiger partial charge in [0.05, 0.1) is 0 Å². The Hall–Kier alpha value is -2.84. The van der Waals surface area contributed by atoms with Crippen molar-refractivity contribution >= 4 is 17.7 Å². The third-order valence-corrected chi connectivity index (χ3v) is 3.03. The van der Waals surface area contributed by atoms with Crippen LogP contribution in [0.1, 0.15) is 18.2 Å². The molecule has 1 aromatic heterocycles. The van der Waals surface area contributed by atoms with E-state index in [0.717, 1.165) is 12.1 Å². The molecule has 25 heavy (non-hydrogen) atoms. The number of alkyl halides is 3. The van der Waals surface area contributed by atoms with Crippen molar-refractivity contribution in [1.82, 2.24) is 10.2 Å². The molecule has 1 atom stereocenters. The van der Waals surface area contributed by atoms with E-state index in [2.05, 4.69) is 15.5 Å². The van der Waals surface area contributed by atoms with Crippen LogP contribution < -0.4 is 5.32 Å². The van der Waals surface area contributed by atoms with Crippen LogP contribution in [0.15, 0.2) is 36.4 Å². The zero-order valence-corrected chi connectivity index (χ0v) is 13.6. The first-order valence-corrected chi connectivity index (χ1v) is 7.26. The van der Waals surface area contributed by atoms with Gasteiger partial charge in [-0.25, -0.2) is 4.79 Å². The quantitative estimate of drug-likeness (QED) is 0.783. The van der Waals surface area contributed by atoms with Gasteiger partial charge in [0, 0.05) is 17.7 Å². The highest BCUT2D eigenvalue weighted by atomic mass is 19.4. The Morgan fingerprint density at radius 2 is 1.84 bits per heavy atom. The lowest BCUT2D eigenvalue weighted by molar-refractivity contribution is -0.192. The first-order chi connectivity index (χ1) is 11.6. The molecule has 1 amide bonds. The normalized spacial score (nSPS) is 11.9. The summed E-state index contributed by atoms with van der Waals surface area (Å²) in [5.74, 6) is -2.26. The molecule has 0 unspecified atom stereocenters. The van der Waals surface area contributed by atoms with Crippen molar-refractivity contribution in [1.29, 1.82) is 0 Å². The van der Waals surface area contributed by atoms with Crippen molar-refractivity contribution in [3.63, 3.8) is 0 Å². The molecule has 0 fully saturated rings. The highest BCUT2D eigenvalue weighted by molar-refractivity contribution is 5.91. The minimum absolute atomic E-state index is 0.00893. The summed E-state index contributed by atoms with van der Waals surface area (Å²) < 4.78 is 31.7. The van der Waals surface area contributed by atoms with E-state index in [1.54, 1.807) is 0 Å². The molecule has 0 aliphatic rings. The van der Waals surface area contributed by atoms with E-state index in [1.165, 1.54) is 5.56 Å². The third kappa shape index (κ3) is 7.51. The molecule has 3 N–H and O–H groups in total. The summed E-state index contributed by atoms with van der Waals surface area (Å²) >= 11 is 0. The summed E-state index contributed by atoms with van der Waals surface area (Å²) in [4.78, 5) is 20.9. The number of anilines is 1. The first-order valence-electron chi connectivity index (χ1n) is 7.26. The zero-order chi connectivity index (χ0) is 19.0. The second kappa shape index (κ2) is 8.86. The Kier molecular flexibility index (Phi) is 7.16. The third-order valence-electron chi connectivity index (χ3n) is 3.03.